The van der Waals surface area contributed by atoms with E-state index in [4.69, 9.17) is 10.8 Å². The smallest absolute Gasteiger partial charge is 0.323 e. The van der Waals surface area contributed by atoms with E-state index in [0.29, 0.717) is 6.54 Å². The van der Waals surface area contributed by atoms with E-state index in [0.717, 1.165) is 6.42 Å². The summed E-state index contributed by atoms with van der Waals surface area (Å²) < 4.78 is 0. The second-order valence-corrected chi connectivity index (χ2v) is 4.78. The Morgan fingerprint density at radius 3 is 2.58 bits per heavy atom. The van der Waals surface area contributed by atoms with Crippen molar-refractivity contribution in [2.24, 2.45) is 11.7 Å². The number of carboxylic acids is 1. The fourth-order valence-electron chi connectivity index (χ4n) is 2.29. The molecule has 19 heavy (non-hydrogen) atoms. The number of carbonyl (C=O) groups is 3. The van der Waals surface area contributed by atoms with Crippen molar-refractivity contribution < 1.29 is 19.5 Å². The van der Waals surface area contributed by atoms with Gasteiger partial charge in [0, 0.05) is 13.1 Å². The number of hydrogen-bond acceptors (Lipinski definition) is 4. The summed E-state index contributed by atoms with van der Waals surface area (Å²) in [6, 6.07) is -0.603. The van der Waals surface area contributed by atoms with Crippen LogP contribution in [-0.2, 0) is 14.4 Å². The van der Waals surface area contributed by atoms with Crippen molar-refractivity contribution in [1.82, 2.24) is 9.80 Å². The number of amides is 2. The molecule has 7 heteroatoms. The van der Waals surface area contributed by atoms with Crippen LogP contribution in [0.1, 0.15) is 20.3 Å². The summed E-state index contributed by atoms with van der Waals surface area (Å²) in [5.74, 6) is -1.65. The van der Waals surface area contributed by atoms with Gasteiger partial charge >= 0.3 is 5.97 Å². The molecule has 7 nitrogen and oxygen atoms in total. The summed E-state index contributed by atoms with van der Waals surface area (Å²) in [5.41, 5.74) is 5.36. The Bertz CT molecular complexity index is 372. The molecule has 0 bridgehead atoms. The molecule has 1 rings (SSSR count). The van der Waals surface area contributed by atoms with Gasteiger partial charge in [0.1, 0.15) is 12.6 Å². The molecule has 1 heterocycles. The molecule has 2 atom stereocenters. The number of piperazine rings is 1. The Hall–Kier alpha value is -1.63. The molecule has 1 aliphatic heterocycles. The molecular formula is C12H21N3O4. The Balaban J connectivity index is 2.93. The number of nitrogens with two attached hydrogens (primary N) is 1. The summed E-state index contributed by atoms with van der Waals surface area (Å²) in [7, 11) is 0. The number of rotatable bonds is 5. The van der Waals surface area contributed by atoms with E-state index in [1.165, 1.54) is 9.80 Å². The highest BCUT2D eigenvalue weighted by Crippen LogP contribution is 2.21. The number of aliphatic carboxylic acids is 1. The molecule has 0 aromatic carbocycles. The first-order chi connectivity index (χ1) is 8.92. The van der Waals surface area contributed by atoms with Crippen LogP contribution in [0.25, 0.3) is 0 Å². The third-order valence-corrected chi connectivity index (χ3v) is 3.52. The van der Waals surface area contributed by atoms with Crippen LogP contribution in [0.4, 0.5) is 0 Å². The average Bonchev–Trinajstić information content (AvgIpc) is 2.38. The van der Waals surface area contributed by atoms with Gasteiger partial charge in [0.05, 0.1) is 6.54 Å². The van der Waals surface area contributed by atoms with Crippen molar-refractivity contribution in [2.45, 2.75) is 26.3 Å². The highest BCUT2D eigenvalue weighted by atomic mass is 16.4. The van der Waals surface area contributed by atoms with E-state index in [1.54, 1.807) is 0 Å². The molecule has 0 saturated carbocycles. The molecule has 1 aliphatic rings. The van der Waals surface area contributed by atoms with Crippen LogP contribution in [0.5, 0.6) is 0 Å². The number of carbonyl (C=O) groups excluding carboxylic acids is 2. The maximum atomic E-state index is 12.3. The molecule has 0 radical (unpaired) electrons. The SMILES string of the molecule is CCC(C)C1C(=O)N(CC(=O)O)CCN1C(=O)CN. The van der Waals surface area contributed by atoms with E-state index < -0.39 is 12.0 Å². The van der Waals surface area contributed by atoms with Gasteiger partial charge in [0.15, 0.2) is 0 Å². The fraction of sp³-hybridized carbons (Fsp3) is 0.750. The molecule has 2 amide bonds. The summed E-state index contributed by atoms with van der Waals surface area (Å²) in [6.07, 6.45) is 0.728. The van der Waals surface area contributed by atoms with Crippen molar-refractivity contribution >= 4 is 17.8 Å². The van der Waals surface area contributed by atoms with Crippen LogP contribution in [-0.4, -0.2) is 64.9 Å². The third kappa shape index (κ3) is 3.44. The predicted molar refractivity (Wildman–Crippen MR) is 68.2 cm³/mol. The molecule has 0 spiro atoms. The Morgan fingerprint density at radius 1 is 1.47 bits per heavy atom. The lowest BCUT2D eigenvalue weighted by Gasteiger charge is -2.42. The van der Waals surface area contributed by atoms with E-state index >= 15 is 0 Å². The highest BCUT2D eigenvalue weighted by Gasteiger charge is 2.40. The van der Waals surface area contributed by atoms with Crippen molar-refractivity contribution in [2.75, 3.05) is 26.2 Å². The van der Waals surface area contributed by atoms with Gasteiger partial charge in [-0.1, -0.05) is 20.3 Å². The zero-order chi connectivity index (χ0) is 14.6. The topological polar surface area (TPSA) is 104 Å². The lowest BCUT2D eigenvalue weighted by atomic mass is 9.94. The largest absolute Gasteiger partial charge is 0.480 e. The minimum absolute atomic E-state index is 0.0282. The first-order valence-electron chi connectivity index (χ1n) is 6.42. The second kappa shape index (κ2) is 6.51. The van der Waals surface area contributed by atoms with Gasteiger partial charge in [0.25, 0.3) is 0 Å². The fourth-order valence-corrected chi connectivity index (χ4v) is 2.29. The third-order valence-electron chi connectivity index (χ3n) is 3.52. The molecular weight excluding hydrogens is 250 g/mol. The minimum atomic E-state index is -1.05. The summed E-state index contributed by atoms with van der Waals surface area (Å²) in [6.45, 7) is 3.92. The lowest BCUT2D eigenvalue weighted by Crippen LogP contribution is -2.62. The first kappa shape index (κ1) is 15.4. The summed E-state index contributed by atoms with van der Waals surface area (Å²) >= 11 is 0. The molecule has 1 fully saturated rings. The highest BCUT2D eigenvalue weighted by molar-refractivity contribution is 5.91. The van der Waals surface area contributed by atoms with E-state index in [2.05, 4.69) is 0 Å². The van der Waals surface area contributed by atoms with Crippen molar-refractivity contribution in [1.29, 1.82) is 0 Å². The van der Waals surface area contributed by atoms with Gasteiger partial charge in [-0.3, -0.25) is 14.4 Å². The Labute approximate surface area is 112 Å². The van der Waals surface area contributed by atoms with Gasteiger partial charge in [0.2, 0.25) is 11.8 Å². The predicted octanol–water partition coefficient (Wildman–Crippen LogP) is -0.885. The summed E-state index contributed by atoms with van der Waals surface area (Å²) in [4.78, 5) is 37.6. The first-order valence-corrected chi connectivity index (χ1v) is 6.42. The monoisotopic (exact) mass is 271 g/mol. The number of carboxylic acid groups (broad SMARTS) is 1. The standard InChI is InChI=1S/C12H21N3O4/c1-3-8(2)11-12(19)14(7-10(17)18)4-5-15(11)9(16)6-13/h8,11H,3-7,13H2,1-2H3,(H,17,18). The Morgan fingerprint density at radius 2 is 2.11 bits per heavy atom. The summed E-state index contributed by atoms with van der Waals surface area (Å²) in [5, 5.41) is 8.79. The average molecular weight is 271 g/mol. The molecule has 0 aromatic rings. The van der Waals surface area contributed by atoms with E-state index in [1.807, 2.05) is 13.8 Å². The number of hydrogen-bond donors (Lipinski definition) is 2. The van der Waals surface area contributed by atoms with Crippen molar-refractivity contribution in [3.05, 3.63) is 0 Å². The Kier molecular flexibility index (Phi) is 5.29. The molecule has 2 unspecified atom stereocenters. The molecule has 0 aliphatic carbocycles. The van der Waals surface area contributed by atoms with Crippen LogP contribution < -0.4 is 5.73 Å². The van der Waals surface area contributed by atoms with Crippen LogP contribution in [0.3, 0.4) is 0 Å². The van der Waals surface area contributed by atoms with Crippen LogP contribution in [0.2, 0.25) is 0 Å². The van der Waals surface area contributed by atoms with Crippen LogP contribution >= 0.6 is 0 Å². The van der Waals surface area contributed by atoms with Gasteiger partial charge < -0.3 is 20.6 Å². The van der Waals surface area contributed by atoms with Crippen LogP contribution in [0.15, 0.2) is 0 Å². The molecule has 3 N–H and O–H groups in total. The molecule has 108 valence electrons. The zero-order valence-corrected chi connectivity index (χ0v) is 11.3. The molecule has 0 aromatic heterocycles. The molecule has 1 saturated heterocycles. The quantitative estimate of drug-likeness (QED) is 0.675. The van der Waals surface area contributed by atoms with Gasteiger partial charge in [-0.25, -0.2) is 0 Å². The second-order valence-electron chi connectivity index (χ2n) is 4.78. The van der Waals surface area contributed by atoms with Crippen molar-refractivity contribution in [3.63, 3.8) is 0 Å². The van der Waals surface area contributed by atoms with Gasteiger partial charge in [-0.05, 0) is 5.92 Å². The van der Waals surface area contributed by atoms with Crippen LogP contribution in [0, 0.1) is 5.92 Å². The van der Waals surface area contributed by atoms with E-state index in [-0.39, 0.29) is 37.4 Å². The van der Waals surface area contributed by atoms with Crippen molar-refractivity contribution in [3.8, 4) is 0 Å². The normalized spacial score (nSPS) is 21.4. The lowest BCUT2D eigenvalue weighted by molar-refractivity contribution is -0.157. The zero-order valence-electron chi connectivity index (χ0n) is 11.3. The maximum absolute atomic E-state index is 12.3. The minimum Gasteiger partial charge on any atom is -0.480 e. The number of nitrogens with zero attached hydrogens (tertiary/aromatic N) is 2. The maximum Gasteiger partial charge on any atom is 0.323 e. The van der Waals surface area contributed by atoms with E-state index in [9.17, 15) is 14.4 Å². The van der Waals surface area contributed by atoms with Gasteiger partial charge in [-0.2, -0.15) is 0 Å². The van der Waals surface area contributed by atoms with Gasteiger partial charge in [-0.15, -0.1) is 0 Å².